The number of rotatable bonds is 2. The predicted octanol–water partition coefficient (Wildman–Crippen LogP) is 2.95. The summed E-state index contributed by atoms with van der Waals surface area (Å²) < 4.78 is 14.9. The fourth-order valence-corrected chi connectivity index (χ4v) is 2.36. The number of aromatic nitrogens is 3. The van der Waals surface area contributed by atoms with Crippen molar-refractivity contribution in [3.63, 3.8) is 0 Å². The van der Waals surface area contributed by atoms with Gasteiger partial charge in [-0.1, -0.05) is 26.0 Å². The van der Waals surface area contributed by atoms with E-state index in [-0.39, 0.29) is 11.9 Å². The summed E-state index contributed by atoms with van der Waals surface area (Å²) in [5.41, 5.74) is 1.07. The molecule has 0 fully saturated rings. The molecule has 1 unspecified atom stereocenters. The number of anilines is 1. The Hall–Kier alpha value is -1.91. The first kappa shape index (κ1) is 12.1. The van der Waals surface area contributed by atoms with Crippen LogP contribution >= 0.6 is 0 Å². The van der Waals surface area contributed by atoms with Crippen molar-refractivity contribution in [3.05, 3.63) is 41.5 Å². The molecule has 1 aliphatic heterocycles. The average molecular weight is 260 g/mol. The van der Waals surface area contributed by atoms with Gasteiger partial charge in [-0.3, -0.25) is 0 Å². The molecule has 0 amide bonds. The summed E-state index contributed by atoms with van der Waals surface area (Å²) in [7, 11) is 0. The van der Waals surface area contributed by atoms with Crippen LogP contribution < -0.4 is 5.32 Å². The Morgan fingerprint density at radius 1 is 1.32 bits per heavy atom. The van der Waals surface area contributed by atoms with Crippen molar-refractivity contribution < 1.29 is 4.39 Å². The molecule has 4 nitrogen and oxygen atoms in total. The molecule has 1 N–H and O–H groups in total. The molecule has 2 aromatic rings. The summed E-state index contributed by atoms with van der Waals surface area (Å²) in [6.07, 6.45) is 0.930. The second kappa shape index (κ2) is 4.64. The second-order valence-electron chi connectivity index (χ2n) is 5.18. The topological polar surface area (TPSA) is 42.7 Å². The molecule has 0 saturated carbocycles. The second-order valence-corrected chi connectivity index (χ2v) is 5.18. The highest BCUT2D eigenvalue weighted by atomic mass is 19.1. The van der Waals surface area contributed by atoms with Crippen molar-refractivity contribution in [2.75, 3.05) is 11.9 Å². The first-order valence-corrected chi connectivity index (χ1v) is 6.61. The standard InChI is InChI=1S/C14H17FN4/c1-9(2)13-17-14-16-8-7-12(19(14)18-13)10-3-5-11(15)6-4-10/h3-6,9,12H,7-8H2,1-2H3,(H,16,17,18). The van der Waals surface area contributed by atoms with Crippen LogP contribution in [0, 0.1) is 5.82 Å². The van der Waals surface area contributed by atoms with Crippen LogP contribution in [-0.2, 0) is 0 Å². The van der Waals surface area contributed by atoms with Crippen LogP contribution in [0.2, 0.25) is 0 Å². The highest BCUT2D eigenvalue weighted by molar-refractivity contribution is 5.33. The van der Waals surface area contributed by atoms with Gasteiger partial charge in [0.05, 0.1) is 6.04 Å². The van der Waals surface area contributed by atoms with Gasteiger partial charge >= 0.3 is 0 Å². The van der Waals surface area contributed by atoms with Crippen molar-refractivity contribution in [1.29, 1.82) is 0 Å². The van der Waals surface area contributed by atoms with Crippen LogP contribution in [0.25, 0.3) is 0 Å². The first-order chi connectivity index (χ1) is 9.15. The summed E-state index contributed by atoms with van der Waals surface area (Å²) in [4.78, 5) is 4.51. The Labute approximate surface area is 111 Å². The summed E-state index contributed by atoms with van der Waals surface area (Å²) in [5, 5.41) is 7.84. The van der Waals surface area contributed by atoms with Crippen LogP contribution in [0.15, 0.2) is 24.3 Å². The fourth-order valence-electron chi connectivity index (χ4n) is 2.36. The molecule has 0 saturated heterocycles. The van der Waals surface area contributed by atoms with Crippen LogP contribution in [0.5, 0.6) is 0 Å². The molecular formula is C14H17FN4. The lowest BCUT2D eigenvalue weighted by molar-refractivity contribution is 0.474. The van der Waals surface area contributed by atoms with Gasteiger partial charge in [0.25, 0.3) is 0 Å². The van der Waals surface area contributed by atoms with E-state index in [0.29, 0.717) is 5.92 Å². The molecule has 19 heavy (non-hydrogen) atoms. The van der Waals surface area contributed by atoms with E-state index in [4.69, 9.17) is 0 Å². The van der Waals surface area contributed by atoms with E-state index in [2.05, 4.69) is 29.2 Å². The van der Waals surface area contributed by atoms with Crippen molar-refractivity contribution in [1.82, 2.24) is 14.8 Å². The van der Waals surface area contributed by atoms with Gasteiger partial charge in [0, 0.05) is 12.5 Å². The van der Waals surface area contributed by atoms with Gasteiger partial charge in [-0.25, -0.2) is 9.07 Å². The summed E-state index contributed by atoms with van der Waals surface area (Å²) in [6, 6.07) is 6.78. The monoisotopic (exact) mass is 260 g/mol. The maximum Gasteiger partial charge on any atom is 0.221 e. The molecule has 1 atom stereocenters. The summed E-state index contributed by atoms with van der Waals surface area (Å²) in [6.45, 7) is 5.01. The zero-order valence-electron chi connectivity index (χ0n) is 11.1. The van der Waals surface area contributed by atoms with Crippen LogP contribution in [0.3, 0.4) is 0 Å². The van der Waals surface area contributed by atoms with Crippen molar-refractivity contribution >= 4 is 5.95 Å². The van der Waals surface area contributed by atoms with E-state index in [1.807, 2.05) is 16.8 Å². The molecular weight excluding hydrogens is 243 g/mol. The third-order valence-corrected chi connectivity index (χ3v) is 3.41. The quantitative estimate of drug-likeness (QED) is 0.902. The van der Waals surface area contributed by atoms with Gasteiger partial charge in [-0.2, -0.15) is 10.1 Å². The Morgan fingerprint density at radius 3 is 2.74 bits per heavy atom. The normalized spacial score (nSPS) is 18.2. The van der Waals surface area contributed by atoms with Crippen molar-refractivity contribution in [2.45, 2.75) is 32.2 Å². The summed E-state index contributed by atoms with van der Waals surface area (Å²) >= 11 is 0. The van der Waals surface area contributed by atoms with Crippen LogP contribution in [0.4, 0.5) is 10.3 Å². The Morgan fingerprint density at radius 2 is 2.05 bits per heavy atom. The molecule has 2 heterocycles. The molecule has 0 radical (unpaired) electrons. The largest absolute Gasteiger partial charge is 0.354 e. The first-order valence-electron chi connectivity index (χ1n) is 6.61. The van der Waals surface area contributed by atoms with E-state index in [9.17, 15) is 4.39 Å². The Kier molecular flexibility index (Phi) is 2.97. The van der Waals surface area contributed by atoms with E-state index >= 15 is 0 Å². The molecule has 0 spiro atoms. The number of fused-ring (bicyclic) bond motifs is 1. The Bertz CT molecular complexity index is 574. The number of halogens is 1. The van der Waals surface area contributed by atoms with Gasteiger partial charge in [-0.05, 0) is 24.1 Å². The lowest BCUT2D eigenvalue weighted by atomic mass is 10.0. The highest BCUT2D eigenvalue weighted by Crippen LogP contribution is 2.29. The van der Waals surface area contributed by atoms with Gasteiger partial charge in [0.1, 0.15) is 5.82 Å². The number of nitrogens with zero attached hydrogens (tertiary/aromatic N) is 3. The van der Waals surface area contributed by atoms with E-state index < -0.39 is 0 Å². The molecule has 0 bridgehead atoms. The van der Waals surface area contributed by atoms with Gasteiger partial charge in [0.15, 0.2) is 5.82 Å². The van der Waals surface area contributed by atoms with E-state index in [1.165, 1.54) is 12.1 Å². The number of nitrogens with one attached hydrogen (secondary N) is 1. The molecule has 0 aliphatic carbocycles. The SMILES string of the molecule is CC(C)c1nc2n(n1)C(c1ccc(F)cc1)CCN2. The zero-order chi connectivity index (χ0) is 13.4. The molecule has 100 valence electrons. The highest BCUT2D eigenvalue weighted by Gasteiger charge is 2.24. The van der Waals surface area contributed by atoms with Crippen molar-refractivity contribution in [2.24, 2.45) is 0 Å². The van der Waals surface area contributed by atoms with Gasteiger partial charge in [0.2, 0.25) is 5.95 Å². The van der Waals surface area contributed by atoms with Gasteiger partial charge < -0.3 is 5.32 Å². The lowest BCUT2D eigenvalue weighted by Gasteiger charge is -2.24. The van der Waals surface area contributed by atoms with E-state index in [0.717, 1.165) is 30.3 Å². The minimum Gasteiger partial charge on any atom is -0.354 e. The number of hydrogen-bond acceptors (Lipinski definition) is 3. The molecule has 3 rings (SSSR count). The molecule has 1 aliphatic rings. The van der Waals surface area contributed by atoms with Crippen LogP contribution in [-0.4, -0.2) is 21.3 Å². The molecule has 1 aromatic heterocycles. The Balaban J connectivity index is 1.99. The third-order valence-electron chi connectivity index (χ3n) is 3.41. The maximum absolute atomic E-state index is 13.0. The summed E-state index contributed by atoms with van der Waals surface area (Å²) in [5.74, 6) is 1.74. The third kappa shape index (κ3) is 2.20. The minimum absolute atomic E-state index is 0.136. The molecule has 5 heteroatoms. The van der Waals surface area contributed by atoms with Gasteiger partial charge in [-0.15, -0.1) is 0 Å². The smallest absolute Gasteiger partial charge is 0.221 e. The molecule has 1 aromatic carbocycles. The zero-order valence-corrected chi connectivity index (χ0v) is 11.1. The minimum atomic E-state index is -0.209. The fraction of sp³-hybridized carbons (Fsp3) is 0.429. The number of hydrogen-bond donors (Lipinski definition) is 1. The van der Waals surface area contributed by atoms with Crippen LogP contribution in [0.1, 0.15) is 43.6 Å². The lowest BCUT2D eigenvalue weighted by Crippen LogP contribution is -2.24. The average Bonchev–Trinajstić information content (AvgIpc) is 2.83. The van der Waals surface area contributed by atoms with E-state index in [1.54, 1.807) is 0 Å². The van der Waals surface area contributed by atoms with Crippen molar-refractivity contribution in [3.8, 4) is 0 Å². The number of benzene rings is 1. The predicted molar refractivity (Wildman–Crippen MR) is 71.8 cm³/mol. The maximum atomic E-state index is 13.0.